The summed E-state index contributed by atoms with van der Waals surface area (Å²) >= 11 is 0. The van der Waals surface area contributed by atoms with Gasteiger partial charge in [0.1, 0.15) is 17.2 Å². The zero-order valence-corrected chi connectivity index (χ0v) is 11.8. The van der Waals surface area contributed by atoms with Crippen molar-refractivity contribution in [3.05, 3.63) is 53.6 Å². The van der Waals surface area contributed by atoms with Crippen LogP contribution >= 0.6 is 0 Å². The normalized spacial score (nSPS) is 9.95. The summed E-state index contributed by atoms with van der Waals surface area (Å²) in [4.78, 5) is 12.3. The highest BCUT2D eigenvalue weighted by atomic mass is 16.5. The van der Waals surface area contributed by atoms with Crippen LogP contribution in [0.2, 0.25) is 0 Å². The third kappa shape index (κ3) is 2.91. The highest BCUT2D eigenvalue weighted by Crippen LogP contribution is 2.34. The molecule has 0 saturated carbocycles. The molecule has 1 amide bonds. The van der Waals surface area contributed by atoms with E-state index in [4.69, 9.17) is 9.47 Å². The molecule has 4 heteroatoms. The Balaban J connectivity index is 2.32. The Kier molecular flexibility index (Phi) is 4.25. The van der Waals surface area contributed by atoms with Gasteiger partial charge in [0.15, 0.2) is 0 Å². The van der Waals surface area contributed by atoms with E-state index in [0.717, 1.165) is 5.56 Å². The van der Waals surface area contributed by atoms with Crippen molar-refractivity contribution in [1.29, 1.82) is 0 Å². The van der Waals surface area contributed by atoms with Gasteiger partial charge >= 0.3 is 0 Å². The van der Waals surface area contributed by atoms with Crippen LogP contribution in [-0.2, 0) is 0 Å². The van der Waals surface area contributed by atoms with Gasteiger partial charge < -0.3 is 14.8 Å². The number of carbonyl (C=O) groups excluding carboxylic acids is 1. The predicted molar refractivity (Wildman–Crippen MR) is 78.7 cm³/mol. The molecule has 0 radical (unpaired) electrons. The topological polar surface area (TPSA) is 47.6 Å². The van der Waals surface area contributed by atoms with E-state index in [9.17, 15) is 4.79 Å². The number of carbonyl (C=O) groups is 1. The van der Waals surface area contributed by atoms with Crippen LogP contribution in [0.4, 0.5) is 5.69 Å². The summed E-state index contributed by atoms with van der Waals surface area (Å²) in [6, 6.07) is 12.7. The molecular formula is C16H17NO3. The van der Waals surface area contributed by atoms with E-state index in [1.54, 1.807) is 38.5 Å². The molecule has 0 aromatic heterocycles. The van der Waals surface area contributed by atoms with Crippen molar-refractivity contribution >= 4 is 11.6 Å². The molecule has 0 saturated heterocycles. The Morgan fingerprint density at radius 2 is 1.60 bits per heavy atom. The average Bonchev–Trinajstić information content (AvgIpc) is 2.47. The third-order valence-corrected chi connectivity index (χ3v) is 2.95. The lowest BCUT2D eigenvalue weighted by atomic mass is 10.1. The lowest BCUT2D eigenvalue weighted by Crippen LogP contribution is -2.13. The fourth-order valence-electron chi connectivity index (χ4n) is 1.95. The van der Waals surface area contributed by atoms with Crippen molar-refractivity contribution in [2.75, 3.05) is 19.5 Å². The van der Waals surface area contributed by atoms with Gasteiger partial charge in [0.25, 0.3) is 5.91 Å². The minimum Gasteiger partial charge on any atom is -0.494 e. The number of para-hydroxylation sites is 1. The van der Waals surface area contributed by atoms with Crippen LogP contribution in [0, 0.1) is 6.92 Å². The molecule has 4 nitrogen and oxygen atoms in total. The zero-order valence-electron chi connectivity index (χ0n) is 11.8. The standard InChI is InChI=1S/C16H17NO3/c1-11-6-4-7-12(10-11)16(18)17-15-13(19-2)8-5-9-14(15)20-3/h4-10H,1-3H3,(H,17,18). The summed E-state index contributed by atoms with van der Waals surface area (Å²) in [5.74, 6) is 0.923. The first kappa shape index (κ1) is 13.9. The number of ether oxygens (including phenoxy) is 2. The largest absolute Gasteiger partial charge is 0.494 e. The Bertz CT molecular complexity index is 601. The summed E-state index contributed by atoms with van der Waals surface area (Å²) in [5, 5.41) is 2.84. The van der Waals surface area contributed by atoms with Gasteiger partial charge in [-0.2, -0.15) is 0 Å². The average molecular weight is 271 g/mol. The molecule has 2 rings (SSSR count). The van der Waals surface area contributed by atoms with Gasteiger partial charge in [-0.15, -0.1) is 0 Å². The van der Waals surface area contributed by atoms with Gasteiger partial charge in [-0.05, 0) is 31.2 Å². The second-order valence-electron chi connectivity index (χ2n) is 4.36. The smallest absolute Gasteiger partial charge is 0.255 e. The van der Waals surface area contributed by atoms with Crippen LogP contribution in [0.3, 0.4) is 0 Å². The molecule has 0 fully saturated rings. The highest BCUT2D eigenvalue weighted by molar-refractivity contribution is 6.06. The van der Waals surface area contributed by atoms with Crippen molar-refractivity contribution in [3.63, 3.8) is 0 Å². The predicted octanol–water partition coefficient (Wildman–Crippen LogP) is 3.26. The lowest BCUT2D eigenvalue weighted by molar-refractivity contribution is 0.102. The Hall–Kier alpha value is -2.49. The molecule has 0 aliphatic heterocycles. The molecule has 0 aliphatic carbocycles. The van der Waals surface area contributed by atoms with Crippen molar-refractivity contribution in [3.8, 4) is 11.5 Å². The minimum atomic E-state index is -0.198. The first-order chi connectivity index (χ1) is 9.65. The molecule has 0 bridgehead atoms. The second-order valence-corrected chi connectivity index (χ2v) is 4.36. The van der Waals surface area contributed by atoms with Crippen LogP contribution in [-0.4, -0.2) is 20.1 Å². The Morgan fingerprint density at radius 1 is 1.00 bits per heavy atom. The number of aryl methyl sites for hydroxylation is 1. The Labute approximate surface area is 118 Å². The number of nitrogens with one attached hydrogen (secondary N) is 1. The molecule has 2 aromatic carbocycles. The van der Waals surface area contributed by atoms with Crippen molar-refractivity contribution in [2.45, 2.75) is 6.92 Å². The van der Waals surface area contributed by atoms with Crippen molar-refractivity contribution in [1.82, 2.24) is 0 Å². The molecule has 104 valence electrons. The second kappa shape index (κ2) is 6.10. The van der Waals surface area contributed by atoms with Crippen LogP contribution in [0.25, 0.3) is 0 Å². The number of benzene rings is 2. The molecule has 0 heterocycles. The SMILES string of the molecule is COc1cccc(OC)c1NC(=O)c1cccc(C)c1. The fraction of sp³-hybridized carbons (Fsp3) is 0.188. The van der Waals surface area contributed by atoms with Crippen LogP contribution in [0.5, 0.6) is 11.5 Å². The van der Waals surface area contributed by atoms with Gasteiger partial charge in [-0.1, -0.05) is 23.8 Å². The number of amides is 1. The quantitative estimate of drug-likeness (QED) is 0.928. The maximum atomic E-state index is 12.3. The zero-order chi connectivity index (χ0) is 14.5. The summed E-state index contributed by atoms with van der Waals surface area (Å²) in [5.41, 5.74) is 2.16. The van der Waals surface area contributed by atoms with E-state index in [1.807, 2.05) is 25.1 Å². The lowest BCUT2D eigenvalue weighted by Gasteiger charge is -2.14. The van der Waals surface area contributed by atoms with E-state index < -0.39 is 0 Å². The van der Waals surface area contributed by atoms with Gasteiger partial charge in [0, 0.05) is 5.56 Å². The monoisotopic (exact) mass is 271 g/mol. The molecule has 2 aromatic rings. The van der Waals surface area contributed by atoms with E-state index in [-0.39, 0.29) is 5.91 Å². The van der Waals surface area contributed by atoms with Crippen molar-refractivity contribution < 1.29 is 14.3 Å². The summed E-state index contributed by atoms with van der Waals surface area (Å²) < 4.78 is 10.5. The molecule has 0 aliphatic rings. The number of rotatable bonds is 4. The van der Waals surface area contributed by atoms with Crippen LogP contribution in [0.1, 0.15) is 15.9 Å². The van der Waals surface area contributed by atoms with E-state index in [1.165, 1.54) is 0 Å². The minimum absolute atomic E-state index is 0.198. The maximum Gasteiger partial charge on any atom is 0.255 e. The summed E-state index contributed by atoms with van der Waals surface area (Å²) in [6.45, 7) is 1.94. The number of hydrogen-bond donors (Lipinski definition) is 1. The Morgan fingerprint density at radius 3 is 2.15 bits per heavy atom. The first-order valence-corrected chi connectivity index (χ1v) is 6.24. The van der Waals surface area contributed by atoms with E-state index >= 15 is 0 Å². The molecule has 0 atom stereocenters. The summed E-state index contributed by atoms with van der Waals surface area (Å²) in [6.07, 6.45) is 0. The van der Waals surface area contributed by atoms with Gasteiger partial charge in [0.05, 0.1) is 14.2 Å². The van der Waals surface area contributed by atoms with E-state index in [2.05, 4.69) is 5.32 Å². The molecule has 0 unspecified atom stereocenters. The van der Waals surface area contributed by atoms with Crippen LogP contribution in [0.15, 0.2) is 42.5 Å². The van der Waals surface area contributed by atoms with Crippen molar-refractivity contribution in [2.24, 2.45) is 0 Å². The van der Waals surface area contributed by atoms with Gasteiger partial charge in [-0.25, -0.2) is 0 Å². The molecule has 0 spiro atoms. The number of methoxy groups -OCH3 is 2. The fourth-order valence-corrected chi connectivity index (χ4v) is 1.95. The molecule has 1 N–H and O–H groups in total. The van der Waals surface area contributed by atoms with Gasteiger partial charge in [0.2, 0.25) is 0 Å². The van der Waals surface area contributed by atoms with Gasteiger partial charge in [-0.3, -0.25) is 4.79 Å². The first-order valence-electron chi connectivity index (χ1n) is 6.24. The van der Waals surface area contributed by atoms with Crippen LogP contribution < -0.4 is 14.8 Å². The maximum absolute atomic E-state index is 12.3. The molecule has 20 heavy (non-hydrogen) atoms. The summed E-state index contributed by atoms with van der Waals surface area (Å²) in [7, 11) is 3.11. The highest BCUT2D eigenvalue weighted by Gasteiger charge is 2.14. The third-order valence-electron chi connectivity index (χ3n) is 2.95. The number of hydrogen-bond acceptors (Lipinski definition) is 3. The van der Waals surface area contributed by atoms with E-state index in [0.29, 0.717) is 22.7 Å². The molecular weight excluding hydrogens is 254 g/mol. The number of anilines is 1.